The third-order valence-corrected chi connectivity index (χ3v) is 8.43. The van der Waals surface area contributed by atoms with Crippen LogP contribution in [0.2, 0.25) is 0 Å². The summed E-state index contributed by atoms with van der Waals surface area (Å²) in [5.41, 5.74) is 0.848. The maximum atomic E-state index is 14.9. The van der Waals surface area contributed by atoms with Crippen LogP contribution in [-0.2, 0) is 23.9 Å². The van der Waals surface area contributed by atoms with Gasteiger partial charge in [0.15, 0.2) is 5.78 Å². The second-order valence-corrected chi connectivity index (χ2v) is 12.3. The molecule has 3 amide bonds. The lowest BCUT2D eigenvalue weighted by Gasteiger charge is -2.32. The highest BCUT2D eigenvalue weighted by Gasteiger charge is 2.54. The number of amides is 3. The number of hydrogen-bond acceptors (Lipinski definition) is 6. The number of carbonyl (C=O) groups excluding carboxylic acids is 5. The minimum atomic E-state index is -1.14. The number of likely N-dealkylation sites (tertiary alicyclic amines) is 1. The number of alkyl halides is 1. The number of nitrogens with one attached hydrogen (secondary N) is 2. The summed E-state index contributed by atoms with van der Waals surface area (Å²) < 4.78 is 20.1. The van der Waals surface area contributed by atoms with E-state index in [0.29, 0.717) is 25.7 Å². The van der Waals surface area contributed by atoms with Crippen LogP contribution >= 0.6 is 0 Å². The Kier molecular flexibility index (Phi) is 11.7. The standard InChI is InChI=1S/C32H46FN3O6/c1-7-11-22(29(38)30(39)34-20(6)21-12-9-8-10-13-21)16-26(37)28-23-14-15-25(33)24(23)17-36(28)31(40)27(18(2)3)35-32(41)42-19(4)5/h8-10,12-13,18-20,22-25,27-28H,7,11,14-17H2,1-6H3,(H,34,39)(H,35,41)/t20-,22?,23+,24+,25+,27+,28+/m1/s1. The zero-order chi connectivity index (χ0) is 31.1. The number of alkyl carbamates (subject to hydrolysis) is 1. The van der Waals surface area contributed by atoms with Gasteiger partial charge in [-0.3, -0.25) is 19.2 Å². The number of benzene rings is 1. The molecule has 232 valence electrons. The topological polar surface area (TPSA) is 122 Å². The van der Waals surface area contributed by atoms with Crippen LogP contribution < -0.4 is 10.6 Å². The van der Waals surface area contributed by atoms with Crippen LogP contribution in [0.4, 0.5) is 9.18 Å². The highest BCUT2D eigenvalue weighted by molar-refractivity contribution is 6.37. The van der Waals surface area contributed by atoms with E-state index >= 15 is 0 Å². The van der Waals surface area contributed by atoms with Gasteiger partial charge in [-0.25, -0.2) is 9.18 Å². The lowest BCUT2D eigenvalue weighted by molar-refractivity contribution is -0.144. The van der Waals surface area contributed by atoms with Gasteiger partial charge in [0, 0.05) is 24.8 Å². The van der Waals surface area contributed by atoms with Crippen molar-refractivity contribution in [1.29, 1.82) is 0 Å². The molecule has 0 radical (unpaired) electrons. The van der Waals surface area contributed by atoms with Crippen molar-refractivity contribution in [2.75, 3.05) is 6.54 Å². The summed E-state index contributed by atoms with van der Waals surface area (Å²) in [6.07, 6.45) is -0.826. The minimum Gasteiger partial charge on any atom is -0.447 e. The van der Waals surface area contributed by atoms with Gasteiger partial charge in [-0.15, -0.1) is 0 Å². The van der Waals surface area contributed by atoms with E-state index in [1.165, 1.54) is 4.90 Å². The zero-order valence-electron chi connectivity index (χ0n) is 25.6. The van der Waals surface area contributed by atoms with Crippen molar-refractivity contribution < 1.29 is 33.1 Å². The summed E-state index contributed by atoms with van der Waals surface area (Å²) in [6.45, 7) is 10.7. The van der Waals surface area contributed by atoms with Gasteiger partial charge >= 0.3 is 6.09 Å². The molecule has 9 nitrogen and oxygen atoms in total. The fourth-order valence-corrected chi connectivity index (χ4v) is 6.28. The fraction of sp³-hybridized carbons (Fsp3) is 0.656. The minimum absolute atomic E-state index is 0.0622. The molecule has 2 fully saturated rings. The SMILES string of the molecule is CCCC(CC(=O)[C@@H]1[C@H]2CC[C@H](F)[C@H]2CN1C(=O)[C@@H](NC(=O)OC(C)C)C(C)C)C(=O)C(=O)N[C@H](C)c1ccccc1. The Morgan fingerprint density at radius 1 is 0.976 bits per heavy atom. The van der Waals surface area contributed by atoms with E-state index in [9.17, 15) is 28.4 Å². The van der Waals surface area contributed by atoms with Crippen LogP contribution in [0.3, 0.4) is 0 Å². The Balaban J connectivity index is 1.79. The van der Waals surface area contributed by atoms with E-state index in [1.807, 2.05) is 37.3 Å². The molecule has 7 atom stereocenters. The van der Waals surface area contributed by atoms with Crippen molar-refractivity contribution in [3.8, 4) is 0 Å². The number of ether oxygens (including phenoxy) is 1. The van der Waals surface area contributed by atoms with Crippen LogP contribution in [0.25, 0.3) is 0 Å². The summed E-state index contributed by atoms with van der Waals surface area (Å²) in [5, 5.41) is 5.36. The van der Waals surface area contributed by atoms with Crippen molar-refractivity contribution in [3.05, 3.63) is 35.9 Å². The molecule has 42 heavy (non-hydrogen) atoms. The van der Waals surface area contributed by atoms with Gasteiger partial charge in [-0.2, -0.15) is 0 Å². The van der Waals surface area contributed by atoms with Crippen molar-refractivity contribution >= 4 is 29.5 Å². The van der Waals surface area contributed by atoms with Gasteiger partial charge in [0.25, 0.3) is 5.91 Å². The molecule has 3 rings (SSSR count). The van der Waals surface area contributed by atoms with E-state index in [2.05, 4.69) is 10.6 Å². The zero-order valence-corrected chi connectivity index (χ0v) is 25.6. The van der Waals surface area contributed by atoms with Gasteiger partial charge in [0.05, 0.1) is 18.2 Å². The first-order chi connectivity index (χ1) is 19.8. The number of carbonyl (C=O) groups is 5. The number of rotatable bonds is 13. The van der Waals surface area contributed by atoms with Crippen LogP contribution in [0, 0.1) is 23.7 Å². The van der Waals surface area contributed by atoms with E-state index in [1.54, 1.807) is 34.6 Å². The number of hydrogen-bond donors (Lipinski definition) is 2. The van der Waals surface area contributed by atoms with Crippen molar-refractivity contribution in [2.24, 2.45) is 23.7 Å². The summed E-state index contributed by atoms with van der Waals surface area (Å²) >= 11 is 0. The highest BCUT2D eigenvalue weighted by atomic mass is 19.1. The third-order valence-electron chi connectivity index (χ3n) is 8.43. The van der Waals surface area contributed by atoms with Crippen LogP contribution in [0.1, 0.15) is 85.3 Å². The van der Waals surface area contributed by atoms with Crippen LogP contribution in [0.15, 0.2) is 30.3 Å². The normalized spacial score (nSPS) is 23.7. The molecule has 0 aromatic heterocycles. The maximum Gasteiger partial charge on any atom is 0.408 e. The highest BCUT2D eigenvalue weighted by Crippen LogP contribution is 2.45. The molecule has 0 spiro atoms. The molecule has 1 aliphatic carbocycles. The molecule has 1 saturated carbocycles. The molecule has 1 saturated heterocycles. The predicted octanol–water partition coefficient (Wildman–Crippen LogP) is 4.54. The lowest BCUT2D eigenvalue weighted by atomic mass is 9.84. The first-order valence-electron chi connectivity index (χ1n) is 15.2. The van der Waals surface area contributed by atoms with E-state index < -0.39 is 59.8 Å². The van der Waals surface area contributed by atoms with Crippen molar-refractivity contribution in [1.82, 2.24) is 15.5 Å². The smallest absolute Gasteiger partial charge is 0.408 e. The average molecular weight is 588 g/mol. The van der Waals surface area contributed by atoms with Gasteiger partial charge in [-0.05, 0) is 57.4 Å². The summed E-state index contributed by atoms with van der Waals surface area (Å²) in [7, 11) is 0. The van der Waals surface area contributed by atoms with Crippen molar-refractivity contribution in [3.63, 3.8) is 0 Å². The Morgan fingerprint density at radius 2 is 1.64 bits per heavy atom. The van der Waals surface area contributed by atoms with E-state index in [-0.39, 0.29) is 36.7 Å². The second kappa shape index (κ2) is 14.7. The molecule has 10 heteroatoms. The predicted molar refractivity (Wildman–Crippen MR) is 156 cm³/mol. The third kappa shape index (κ3) is 7.95. The summed E-state index contributed by atoms with van der Waals surface area (Å²) in [4.78, 5) is 67.7. The number of nitrogens with zero attached hydrogens (tertiary/aromatic N) is 1. The second-order valence-electron chi connectivity index (χ2n) is 12.3. The maximum absolute atomic E-state index is 14.9. The Labute approximate surface area is 248 Å². The van der Waals surface area contributed by atoms with Gasteiger partial charge in [0.1, 0.15) is 12.2 Å². The van der Waals surface area contributed by atoms with Crippen molar-refractivity contribution in [2.45, 2.75) is 104 Å². The van der Waals surface area contributed by atoms with E-state index in [4.69, 9.17) is 4.74 Å². The quantitative estimate of drug-likeness (QED) is 0.327. The Hall–Kier alpha value is -3.30. The summed E-state index contributed by atoms with van der Waals surface area (Å²) in [5.74, 6) is -4.31. The van der Waals surface area contributed by atoms with E-state index in [0.717, 1.165) is 5.56 Å². The number of halogens is 1. The van der Waals surface area contributed by atoms with Crippen LogP contribution in [-0.4, -0.2) is 65.3 Å². The average Bonchev–Trinajstić information content (AvgIpc) is 3.49. The molecule has 1 unspecified atom stereocenters. The van der Waals surface area contributed by atoms with Gasteiger partial charge < -0.3 is 20.3 Å². The molecule has 0 bridgehead atoms. The van der Waals surface area contributed by atoms with Gasteiger partial charge in [-0.1, -0.05) is 57.5 Å². The summed E-state index contributed by atoms with van der Waals surface area (Å²) in [6, 6.07) is 6.97. The molecular weight excluding hydrogens is 541 g/mol. The molecule has 1 aromatic carbocycles. The molecule has 2 N–H and O–H groups in total. The lowest BCUT2D eigenvalue weighted by Crippen LogP contribution is -2.55. The monoisotopic (exact) mass is 587 g/mol. The van der Waals surface area contributed by atoms with Gasteiger partial charge in [0.2, 0.25) is 11.7 Å². The largest absolute Gasteiger partial charge is 0.447 e. The fourth-order valence-electron chi connectivity index (χ4n) is 6.28. The van der Waals surface area contributed by atoms with Crippen LogP contribution in [0.5, 0.6) is 0 Å². The molecular formula is C32H46FN3O6. The Morgan fingerprint density at radius 3 is 2.24 bits per heavy atom. The first-order valence-corrected chi connectivity index (χ1v) is 15.2. The molecule has 1 heterocycles. The molecule has 1 aromatic rings. The number of Topliss-reactive ketones (excluding diaryl/α,β-unsaturated/α-hetero) is 2. The Bertz CT molecular complexity index is 1130. The first kappa shape index (κ1) is 33.2. The number of ketones is 2. The molecule has 2 aliphatic rings. The number of fused-ring (bicyclic) bond motifs is 1. The molecule has 1 aliphatic heterocycles.